The fraction of sp³-hybridized carbons (Fsp3) is 0.113. The van der Waals surface area contributed by atoms with Crippen LogP contribution in [0.3, 0.4) is 0 Å². The van der Waals surface area contributed by atoms with E-state index in [0.29, 0.717) is 38.9 Å². The number of nitrogens with zero attached hydrogens (tertiary/aromatic N) is 5. The number of carbonyl (C=O) groups is 2. The van der Waals surface area contributed by atoms with E-state index in [1.807, 2.05) is 79.0 Å². The van der Waals surface area contributed by atoms with Crippen molar-refractivity contribution in [1.82, 2.24) is 24.9 Å². The van der Waals surface area contributed by atoms with Gasteiger partial charge in [0, 0.05) is 92.3 Å². The average molecular weight is 1020 g/mol. The molecule has 0 aliphatic rings. The number of Topliss-reactive ketones (excluding diaryl/α,β-unsaturated/α-hetero) is 2. The van der Waals surface area contributed by atoms with Crippen molar-refractivity contribution >= 4 is 43.4 Å². The molecule has 0 aliphatic carbocycles. The summed E-state index contributed by atoms with van der Waals surface area (Å²) in [4.78, 5) is 45.1. The van der Waals surface area contributed by atoms with Gasteiger partial charge in [0.2, 0.25) is 11.8 Å². The van der Waals surface area contributed by atoms with Crippen LogP contribution in [0.25, 0.3) is 56.7 Å². The van der Waals surface area contributed by atoms with E-state index in [4.69, 9.17) is 23.0 Å². The summed E-state index contributed by atoms with van der Waals surface area (Å²) in [7, 11) is 4.87. The van der Waals surface area contributed by atoms with Gasteiger partial charge in [0.1, 0.15) is 17.2 Å². The quantitative estimate of drug-likeness (QED) is 0.101. The number of carbonyl (C=O) groups excluding carboxylic acids is 2. The van der Waals surface area contributed by atoms with Crippen LogP contribution < -0.4 is 14.2 Å². The van der Waals surface area contributed by atoms with Gasteiger partial charge in [-0.1, -0.05) is 42.0 Å². The molecule has 0 atom stereocenters. The Kier molecular flexibility index (Phi) is 16.3. The predicted octanol–water partition coefficient (Wildman–Crippen LogP) is 13.3. The Bertz CT molecular complexity index is 3060. The minimum Gasteiger partial charge on any atom is -0.497 e. The van der Waals surface area contributed by atoms with Gasteiger partial charge >= 0.3 is 0 Å². The van der Waals surface area contributed by atoms with E-state index in [1.165, 1.54) is 5.56 Å². The van der Waals surface area contributed by atoms with E-state index < -0.39 is 0 Å². The topological polar surface area (TPSA) is 153 Å². The lowest BCUT2D eigenvalue weighted by atomic mass is 10.0. The molecule has 336 valence electrons. The van der Waals surface area contributed by atoms with Crippen LogP contribution >= 0.6 is 31.9 Å². The molecule has 5 aromatic heterocycles. The highest BCUT2D eigenvalue weighted by Gasteiger charge is 2.16. The van der Waals surface area contributed by atoms with Crippen LogP contribution in [0.2, 0.25) is 0 Å². The molecule has 67 heavy (non-hydrogen) atoms. The molecule has 0 amide bonds. The monoisotopic (exact) mass is 1020 g/mol. The summed E-state index contributed by atoms with van der Waals surface area (Å²) >= 11 is 6.72. The number of ether oxygens (including phenoxy) is 3. The van der Waals surface area contributed by atoms with Crippen LogP contribution in [0.5, 0.6) is 17.2 Å². The summed E-state index contributed by atoms with van der Waals surface area (Å²) in [5, 5.41) is 0. The Morgan fingerprint density at radius 3 is 1.63 bits per heavy atom. The number of benzene rings is 4. The number of ketones is 2. The molecule has 9 aromatic rings. The fourth-order valence-corrected chi connectivity index (χ4v) is 7.46. The lowest BCUT2D eigenvalue weighted by Crippen LogP contribution is -2.06. The molecule has 0 aliphatic heterocycles. The molecule has 9 rings (SSSR count). The predicted molar refractivity (Wildman–Crippen MR) is 264 cm³/mol. The van der Waals surface area contributed by atoms with Crippen molar-refractivity contribution in [2.24, 2.45) is 0 Å². The molecule has 4 aromatic carbocycles. The van der Waals surface area contributed by atoms with Crippen LogP contribution in [0, 0.1) is 6.92 Å². The molecular formula is C53H43Br2N5O7. The summed E-state index contributed by atoms with van der Waals surface area (Å²) < 4.78 is 28.9. The first-order valence-electron chi connectivity index (χ1n) is 20.8. The number of aromatic nitrogens is 5. The molecule has 12 nitrogen and oxygen atoms in total. The van der Waals surface area contributed by atoms with Gasteiger partial charge in [-0.25, -0.2) is 9.97 Å². The Labute approximate surface area is 404 Å². The van der Waals surface area contributed by atoms with Gasteiger partial charge in [0.25, 0.3) is 0 Å². The summed E-state index contributed by atoms with van der Waals surface area (Å²) in [6.45, 7) is 2.06. The van der Waals surface area contributed by atoms with Crippen molar-refractivity contribution in [3.8, 4) is 73.9 Å². The van der Waals surface area contributed by atoms with Gasteiger partial charge in [0.15, 0.2) is 23.1 Å². The van der Waals surface area contributed by atoms with E-state index in [0.717, 1.165) is 55.1 Å². The first-order valence-corrected chi connectivity index (χ1v) is 22.3. The second kappa shape index (κ2) is 23.1. The van der Waals surface area contributed by atoms with Crippen molar-refractivity contribution in [2.75, 3.05) is 21.3 Å². The molecule has 5 heterocycles. The molecule has 0 radical (unpaired) electrons. The molecular weight excluding hydrogens is 978 g/mol. The van der Waals surface area contributed by atoms with Crippen molar-refractivity contribution in [2.45, 2.75) is 19.8 Å². The maximum atomic E-state index is 12.1. The zero-order valence-corrected chi connectivity index (χ0v) is 40.0. The van der Waals surface area contributed by atoms with Gasteiger partial charge in [-0.3, -0.25) is 24.5 Å². The summed E-state index contributed by atoms with van der Waals surface area (Å²) in [6, 6.07) is 36.0. The highest BCUT2D eigenvalue weighted by molar-refractivity contribution is 9.10. The van der Waals surface area contributed by atoms with Crippen LogP contribution in [-0.4, -0.2) is 57.8 Å². The number of halogens is 2. The highest BCUT2D eigenvalue weighted by Crippen LogP contribution is 2.35. The molecule has 14 heteroatoms. The van der Waals surface area contributed by atoms with Gasteiger partial charge in [-0.2, -0.15) is 0 Å². The van der Waals surface area contributed by atoms with E-state index in [-0.39, 0.29) is 24.4 Å². The Morgan fingerprint density at radius 2 is 1.03 bits per heavy atom. The Morgan fingerprint density at radius 1 is 0.507 bits per heavy atom. The minimum absolute atomic E-state index is 0.0591. The summed E-state index contributed by atoms with van der Waals surface area (Å²) in [6.07, 6.45) is 13.9. The number of oxazole rings is 2. The molecule has 0 spiro atoms. The minimum atomic E-state index is -0.0777. The van der Waals surface area contributed by atoms with Crippen LogP contribution in [0.1, 0.15) is 39.1 Å². The molecule has 0 saturated heterocycles. The van der Waals surface area contributed by atoms with Crippen molar-refractivity contribution < 1.29 is 32.6 Å². The molecule has 0 N–H and O–H groups in total. The largest absolute Gasteiger partial charge is 0.497 e. The second-order valence-electron chi connectivity index (χ2n) is 14.6. The van der Waals surface area contributed by atoms with E-state index in [9.17, 15) is 9.59 Å². The lowest BCUT2D eigenvalue weighted by molar-refractivity contribution is 0.0917. The third-order valence-electron chi connectivity index (χ3n) is 10.2. The number of pyridine rings is 3. The highest BCUT2D eigenvalue weighted by atomic mass is 79.9. The van der Waals surface area contributed by atoms with Crippen LogP contribution in [-0.2, 0) is 0 Å². The Balaban J connectivity index is 0.000000151. The van der Waals surface area contributed by atoms with E-state index in [1.54, 1.807) is 95.0 Å². The van der Waals surface area contributed by atoms with Crippen LogP contribution in [0.4, 0.5) is 0 Å². The number of hydrogen-bond donors (Lipinski definition) is 0. The zero-order chi connectivity index (χ0) is 47.1. The first-order chi connectivity index (χ1) is 32.6. The zero-order valence-electron chi connectivity index (χ0n) is 36.9. The summed E-state index contributed by atoms with van der Waals surface area (Å²) in [5.74, 6) is 4.76. The average Bonchev–Trinajstić information content (AvgIpc) is 4.08. The van der Waals surface area contributed by atoms with Crippen molar-refractivity contribution in [3.63, 3.8) is 0 Å². The number of aryl methyl sites for hydroxylation is 1. The maximum Gasteiger partial charge on any atom is 0.227 e. The van der Waals surface area contributed by atoms with Crippen molar-refractivity contribution in [3.05, 3.63) is 190 Å². The molecule has 0 fully saturated rings. The smallest absolute Gasteiger partial charge is 0.227 e. The van der Waals surface area contributed by atoms with E-state index in [2.05, 4.69) is 75.8 Å². The van der Waals surface area contributed by atoms with Gasteiger partial charge in [0.05, 0.1) is 39.3 Å². The Hall–Kier alpha value is -7.55. The third-order valence-corrected chi connectivity index (χ3v) is 11.5. The molecule has 0 saturated carbocycles. The van der Waals surface area contributed by atoms with Crippen molar-refractivity contribution in [1.29, 1.82) is 0 Å². The van der Waals surface area contributed by atoms with Crippen LogP contribution in [0.15, 0.2) is 183 Å². The fourth-order valence-electron chi connectivity index (χ4n) is 6.57. The standard InChI is InChI=1S/C22H18N2O2.C16H14BrNO3.C15H11BrN2O2/c1-15-6-8-16(9-7-15)21-14-24-22(26-21)19-10-11-23-13-20(19)17-4-3-5-18(12-17)25-2;1-21-12-4-2-11(3-5-12)15(19)6-7-16(20)13-8-9-18-10-14(13)17;1-19-11-4-2-10(3-5-11)14-9-18-15(20-14)12-6-7-17-8-13(12)16/h3-14H,1-2H3;2-5,8-10H,6-7H2,1H3;2-9H,1H3. The molecule has 0 unspecified atom stereocenters. The third kappa shape index (κ3) is 12.4. The maximum absolute atomic E-state index is 12.1. The SMILES string of the molecule is COc1ccc(-c2cnc(-c3ccncc3Br)o2)cc1.COc1ccc(C(=O)CCC(=O)c2ccncc2Br)cc1.COc1cccc(-c2cnccc2-c2ncc(-c3ccc(C)cc3)o2)c1. The van der Waals surface area contributed by atoms with Gasteiger partial charge < -0.3 is 23.0 Å². The van der Waals surface area contributed by atoms with Gasteiger partial charge in [-0.15, -0.1) is 0 Å². The molecule has 0 bridgehead atoms. The number of hydrogen-bond acceptors (Lipinski definition) is 12. The lowest BCUT2D eigenvalue weighted by Gasteiger charge is -2.08. The summed E-state index contributed by atoms with van der Waals surface area (Å²) in [5.41, 5.74) is 8.02. The normalized spacial score (nSPS) is 10.5. The number of methoxy groups -OCH3 is 3. The number of rotatable bonds is 13. The van der Waals surface area contributed by atoms with Gasteiger partial charge in [-0.05, 0) is 123 Å². The van der Waals surface area contributed by atoms with E-state index >= 15 is 0 Å². The second-order valence-corrected chi connectivity index (χ2v) is 16.3. The first kappa shape index (κ1) is 47.4.